The third kappa shape index (κ3) is 2.39. The van der Waals surface area contributed by atoms with Crippen molar-refractivity contribution in [3.63, 3.8) is 0 Å². The lowest BCUT2D eigenvalue weighted by Crippen LogP contribution is -2.49. The minimum atomic E-state index is -3.00. The smallest absolute Gasteiger partial charge is 0.264 e. The summed E-state index contributed by atoms with van der Waals surface area (Å²) in [5.41, 5.74) is 1.11. The summed E-state index contributed by atoms with van der Waals surface area (Å²) in [5.74, 6) is 0.0857. The number of thiophene rings is 1. The molecular formula is C14H19NO3S2. The van der Waals surface area contributed by atoms with Crippen LogP contribution in [0.5, 0.6) is 0 Å². The molecular weight excluding hydrogens is 294 g/mol. The van der Waals surface area contributed by atoms with Gasteiger partial charge in [0.1, 0.15) is 9.84 Å². The van der Waals surface area contributed by atoms with Gasteiger partial charge in [-0.1, -0.05) is 0 Å². The van der Waals surface area contributed by atoms with Gasteiger partial charge in [-0.25, -0.2) is 8.42 Å². The first kappa shape index (κ1) is 14.1. The van der Waals surface area contributed by atoms with Crippen molar-refractivity contribution < 1.29 is 13.2 Å². The molecule has 3 rings (SSSR count). The standard InChI is InChI=1S/C14H19NO3S2/c1-9-5-13(19-8-9)14(16)15-10-3-4-11(15)7-12(6-10)20(2,17)18/h5,8,10-12H,3-4,6-7H2,1-2H3. The van der Waals surface area contributed by atoms with E-state index >= 15 is 0 Å². The monoisotopic (exact) mass is 313 g/mol. The van der Waals surface area contributed by atoms with Crippen LogP contribution in [0.4, 0.5) is 0 Å². The third-order valence-electron chi connectivity index (χ3n) is 4.47. The number of carbonyl (C=O) groups is 1. The summed E-state index contributed by atoms with van der Waals surface area (Å²) >= 11 is 1.48. The Morgan fingerprint density at radius 1 is 1.30 bits per heavy atom. The van der Waals surface area contributed by atoms with Crippen LogP contribution in [0, 0.1) is 6.92 Å². The van der Waals surface area contributed by atoms with Gasteiger partial charge in [-0.2, -0.15) is 0 Å². The van der Waals surface area contributed by atoms with E-state index in [9.17, 15) is 13.2 Å². The molecule has 110 valence electrons. The van der Waals surface area contributed by atoms with Crippen LogP contribution >= 0.6 is 11.3 Å². The summed E-state index contributed by atoms with van der Waals surface area (Å²) in [6.45, 7) is 1.98. The van der Waals surface area contributed by atoms with E-state index in [4.69, 9.17) is 0 Å². The number of fused-ring (bicyclic) bond motifs is 2. The first-order valence-corrected chi connectivity index (χ1v) is 9.76. The zero-order valence-electron chi connectivity index (χ0n) is 11.7. The number of rotatable bonds is 2. The highest BCUT2D eigenvalue weighted by atomic mass is 32.2. The lowest BCUT2D eigenvalue weighted by atomic mass is 10.0. The fourth-order valence-corrected chi connectivity index (χ4v) is 5.46. The fourth-order valence-electron chi connectivity index (χ4n) is 3.48. The Labute approximate surface area is 123 Å². The van der Waals surface area contributed by atoms with Gasteiger partial charge in [0, 0.05) is 18.3 Å². The van der Waals surface area contributed by atoms with Crippen molar-refractivity contribution in [2.24, 2.45) is 0 Å². The van der Waals surface area contributed by atoms with Crippen LogP contribution in [0.3, 0.4) is 0 Å². The molecule has 2 atom stereocenters. The van der Waals surface area contributed by atoms with Crippen LogP contribution in [0.2, 0.25) is 0 Å². The van der Waals surface area contributed by atoms with Crippen LogP contribution < -0.4 is 0 Å². The SMILES string of the molecule is Cc1csc(C(=O)N2C3CCC2CC(S(C)(=O)=O)C3)c1. The summed E-state index contributed by atoms with van der Waals surface area (Å²) in [7, 11) is -3.00. The molecule has 20 heavy (non-hydrogen) atoms. The van der Waals surface area contributed by atoms with Crippen molar-refractivity contribution in [1.29, 1.82) is 0 Å². The van der Waals surface area contributed by atoms with Gasteiger partial charge < -0.3 is 4.90 Å². The van der Waals surface area contributed by atoms with Gasteiger partial charge in [-0.3, -0.25) is 4.79 Å². The van der Waals surface area contributed by atoms with E-state index in [0.717, 1.165) is 23.3 Å². The second kappa shape index (κ2) is 4.84. The van der Waals surface area contributed by atoms with Crippen LogP contribution in [0.15, 0.2) is 11.4 Å². The number of aryl methyl sites for hydroxylation is 1. The number of nitrogens with zero attached hydrogens (tertiary/aromatic N) is 1. The summed E-state index contributed by atoms with van der Waals surface area (Å²) in [4.78, 5) is 15.3. The molecule has 0 N–H and O–H groups in total. The molecule has 0 spiro atoms. The highest BCUT2D eigenvalue weighted by Gasteiger charge is 2.46. The van der Waals surface area contributed by atoms with E-state index in [-0.39, 0.29) is 23.2 Å². The van der Waals surface area contributed by atoms with E-state index in [0.29, 0.717) is 12.8 Å². The maximum Gasteiger partial charge on any atom is 0.264 e. The summed E-state index contributed by atoms with van der Waals surface area (Å²) in [6.07, 6.45) is 4.40. The maximum atomic E-state index is 12.6. The zero-order chi connectivity index (χ0) is 14.5. The van der Waals surface area contributed by atoms with Crippen LogP contribution in [-0.4, -0.2) is 42.8 Å². The normalized spacial score (nSPS) is 29.7. The van der Waals surface area contributed by atoms with Gasteiger partial charge in [-0.15, -0.1) is 11.3 Å². The van der Waals surface area contributed by atoms with Gasteiger partial charge in [0.15, 0.2) is 0 Å². The number of carbonyl (C=O) groups excluding carboxylic acids is 1. The molecule has 2 saturated heterocycles. The lowest BCUT2D eigenvalue weighted by molar-refractivity contribution is 0.0603. The van der Waals surface area contributed by atoms with Crippen LogP contribution in [0.1, 0.15) is 40.9 Å². The molecule has 2 fully saturated rings. The van der Waals surface area contributed by atoms with E-state index in [1.54, 1.807) is 0 Å². The molecule has 0 aromatic carbocycles. The molecule has 6 heteroatoms. The third-order valence-corrected chi connectivity index (χ3v) is 7.10. The summed E-state index contributed by atoms with van der Waals surface area (Å²) in [6, 6.07) is 2.13. The molecule has 4 nitrogen and oxygen atoms in total. The first-order valence-electron chi connectivity index (χ1n) is 6.93. The molecule has 2 aliphatic rings. The minimum absolute atomic E-state index is 0.0857. The van der Waals surface area contributed by atoms with Crippen LogP contribution in [0.25, 0.3) is 0 Å². The van der Waals surface area contributed by atoms with Crippen LogP contribution in [-0.2, 0) is 9.84 Å². The highest BCUT2D eigenvalue weighted by molar-refractivity contribution is 7.91. The van der Waals surface area contributed by atoms with E-state index in [1.807, 2.05) is 23.3 Å². The van der Waals surface area contributed by atoms with Crippen molar-refractivity contribution in [1.82, 2.24) is 4.90 Å². The number of piperidine rings is 1. The van der Waals surface area contributed by atoms with Crippen molar-refractivity contribution >= 4 is 27.1 Å². The zero-order valence-corrected chi connectivity index (χ0v) is 13.3. The molecule has 0 radical (unpaired) electrons. The van der Waals surface area contributed by atoms with Gasteiger partial charge in [0.25, 0.3) is 5.91 Å². The molecule has 1 aromatic heterocycles. The number of sulfone groups is 1. The number of hydrogen-bond donors (Lipinski definition) is 0. The lowest BCUT2D eigenvalue weighted by Gasteiger charge is -2.38. The van der Waals surface area contributed by atoms with Crippen molar-refractivity contribution in [2.75, 3.05) is 6.26 Å². The largest absolute Gasteiger partial charge is 0.332 e. The Morgan fingerprint density at radius 3 is 2.35 bits per heavy atom. The maximum absolute atomic E-state index is 12.6. The Bertz CT molecular complexity index is 621. The molecule has 2 aliphatic heterocycles. The molecule has 3 heterocycles. The molecule has 0 aliphatic carbocycles. The molecule has 2 bridgehead atoms. The Balaban J connectivity index is 1.82. The Hall–Kier alpha value is -0.880. The van der Waals surface area contributed by atoms with Crippen molar-refractivity contribution in [3.8, 4) is 0 Å². The predicted octanol–water partition coefficient (Wildman–Crippen LogP) is 2.24. The second-order valence-corrected chi connectivity index (χ2v) is 9.25. The molecule has 2 unspecified atom stereocenters. The second-order valence-electron chi connectivity index (χ2n) is 6.01. The fraction of sp³-hybridized carbons (Fsp3) is 0.643. The average Bonchev–Trinajstić information content (AvgIpc) is 2.89. The molecule has 1 amide bonds. The van der Waals surface area contributed by atoms with E-state index in [1.165, 1.54) is 17.6 Å². The summed E-state index contributed by atoms with van der Waals surface area (Å²) < 4.78 is 23.5. The quantitative estimate of drug-likeness (QED) is 0.841. The Kier molecular flexibility index (Phi) is 3.41. The van der Waals surface area contributed by atoms with E-state index in [2.05, 4.69) is 0 Å². The van der Waals surface area contributed by atoms with Gasteiger partial charge in [0.2, 0.25) is 0 Å². The summed E-state index contributed by atoms with van der Waals surface area (Å²) in [5, 5.41) is 1.72. The predicted molar refractivity (Wildman–Crippen MR) is 79.9 cm³/mol. The van der Waals surface area contributed by atoms with Crippen molar-refractivity contribution in [2.45, 2.75) is 49.9 Å². The topological polar surface area (TPSA) is 54.5 Å². The average molecular weight is 313 g/mol. The number of hydrogen-bond acceptors (Lipinski definition) is 4. The van der Waals surface area contributed by atoms with Gasteiger partial charge >= 0.3 is 0 Å². The van der Waals surface area contributed by atoms with E-state index < -0.39 is 9.84 Å². The van der Waals surface area contributed by atoms with Gasteiger partial charge in [-0.05, 0) is 49.6 Å². The van der Waals surface area contributed by atoms with Gasteiger partial charge in [0.05, 0.1) is 10.1 Å². The molecule has 1 aromatic rings. The van der Waals surface area contributed by atoms with Crippen molar-refractivity contribution in [3.05, 3.63) is 21.9 Å². The highest BCUT2D eigenvalue weighted by Crippen LogP contribution is 2.39. The molecule has 0 saturated carbocycles. The first-order chi connectivity index (χ1) is 9.36. The minimum Gasteiger partial charge on any atom is -0.332 e. The number of amides is 1. The Morgan fingerprint density at radius 2 is 1.90 bits per heavy atom.